The smallest absolute Gasteiger partial charge is 0.256 e. The Hall–Kier alpha value is -1.59. The maximum absolute atomic E-state index is 12.0. The van der Waals surface area contributed by atoms with Crippen LogP contribution in [0, 0.1) is 5.92 Å². The van der Waals surface area contributed by atoms with Crippen LogP contribution in [-0.4, -0.2) is 49.8 Å². The maximum atomic E-state index is 12.0. The highest BCUT2D eigenvalue weighted by atomic mass is 16.5. The lowest BCUT2D eigenvalue weighted by Crippen LogP contribution is -2.38. The van der Waals surface area contributed by atoms with E-state index in [-0.39, 0.29) is 5.91 Å². The highest BCUT2D eigenvalue weighted by molar-refractivity contribution is 5.96. The fourth-order valence-electron chi connectivity index (χ4n) is 2.59. The van der Waals surface area contributed by atoms with Crippen LogP contribution in [0.5, 0.6) is 5.75 Å². The van der Waals surface area contributed by atoms with Crippen molar-refractivity contribution in [2.75, 3.05) is 38.7 Å². The van der Waals surface area contributed by atoms with E-state index < -0.39 is 5.60 Å². The van der Waals surface area contributed by atoms with Crippen molar-refractivity contribution in [3.63, 3.8) is 0 Å². The lowest BCUT2D eigenvalue weighted by atomic mass is 9.99. The number of amides is 1. The molecule has 0 bridgehead atoms. The molecule has 0 saturated carbocycles. The molecule has 2 rings (SSSR count). The first kappa shape index (κ1) is 18.7. The summed E-state index contributed by atoms with van der Waals surface area (Å²) in [6.07, 6.45) is 2.57. The van der Waals surface area contributed by atoms with E-state index in [1.165, 1.54) is 33.0 Å². The van der Waals surface area contributed by atoms with Crippen molar-refractivity contribution in [3.05, 3.63) is 24.3 Å². The summed E-state index contributed by atoms with van der Waals surface area (Å²) in [5.74, 6) is 1.51. The average Bonchev–Trinajstić information content (AvgIpc) is 2.58. The number of carbonyl (C=O) groups is 1. The number of likely N-dealkylation sites (tertiary alicyclic amines) is 1. The molecule has 134 valence electrons. The van der Waals surface area contributed by atoms with Crippen LogP contribution in [-0.2, 0) is 9.53 Å². The van der Waals surface area contributed by atoms with Gasteiger partial charge < -0.3 is 14.8 Å². The van der Waals surface area contributed by atoms with E-state index in [4.69, 9.17) is 9.47 Å². The molecule has 0 aromatic heterocycles. The molecule has 1 N–H and O–H groups in total. The summed E-state index contributed by atoms with van der Waals surface area (Å²) in [6, 6.07) is 7.46. The number of methoxy groups -OCH3 is 1. The van der Waals surface area contributed by atoms with E-state index in [0.29, 0.717) is 6.61 Å². The van der Waals surface area contributed by atoms with E-state index in [9.17, 15) is 4.79 Å². The van der Waals surface area contributed by atoms with Crippen molar-refractivity contribution in [3.8, 4) is 5.75 Å². The van der Waals surface area contributed by atoms with Crippen LogP contribution in [0.4, 0.5) is 5.69 Å². The molecule has 1 aromatic rings. The van der Waals surface area contributed by atoms with Crippen molar-refractivity contribution in [2.45, 2.75) is 39.2 Å². The Labute approximate surface area is 145 Å². The number of benzene rings is 1. The maximum Gasteiger partial charge on any atom is 0.256 e. The Morgan fingerprint density at radius 1 is 1.25 bits per heavy atom. The van der Waals surface area contributed by atoms with Crippen LogP contribution in [0.2, 0.25) is 0 Å². The zero-order valence-corrected chi connectivity index (χ0v) is 15.3. The van der Waals surface area contributed by atoms with E-state index in [1.807, 2.05) is 24.3 Å². The quantitative estimate of drug-likeness (QED) is 0.832. The molecule has 1 heterocycles. The van der Waals surface area contributed by atoms with E-state index in [0.717, 1.165) is 23.9 Å². The van der Waals surface area contributed by atoms with Gasteiger partial charge in [-0.05, 0) is 70.0 Å². The van der Waals surface area contributed by atoms with Gasteiger partial charge in [-0.15, -0.1) is 0 Å². The minimum Gasteiger partial charge on any atom is -0.492 e. The predicted octanol–water partition coefficient (Wildman–Crippen LogP) is 3.16. The number of hydrogen-bond acceptors (Lipinski definition) is 4. The van der Waals surface area contributed by atoms with Crippen molar-refractivity contribution < 1.29 is 14.3 Å². The molecule has 1 saturated heterocycles. The molecule has 1 aliphatic rings. The minimum atomic E-state index is -0.846. The van der Waals surface area contributed by atoms with Crippen LogP contribution in [0.25, 0.3) is 0 Å². The summed E-state index contributed by atoms with van der Waals surface area (Å²) in [4.78, 5) is 14.5. The monoisotopic (exact) mass is 334 g/mol. The van der Waals surface area contributed by atoms with Gasteiger partial charge in [0.05, 0.1) is 0 Å². The van der Waals surface area contributed by atoms with Gasteiger partial charge in [0.25, 0.3) is 5.91 Å². The summed E-state index contributed by atoms with van der Waals surface area (Å²) in [5.41, 5.74) is -0.108. The molecule has 1 fully saturated rings. The number of carbonyl (C=O) groups excluding carboxylic acids is 1. The van der Waals surface area contributed by atoms with Crippen molar-refractivity contribution in [1.82, 2.24) is 4.90 Å². The molecule has 24 heavy (non-hydrogen) atoms. The molecule has 0 spiro atoms. The molecule has 1 amide bonds. The zero-order valence-electron chi connectivity index (χ0n) is 15.3. The fourth-order valence-corrected chi connectivity index (χ4v) is 2.59. The minimum absolute atomic E-state index is 0.169. The largest absolute Gasteiger partial charge is 0.492 e. The number of ether oxygens (including phenoxy) is 2. The molecule has 5 heteroatoms. The Balaban J connectivity index is 1.75. The lowest BCUT2D eigenvalue weighted by molar-refractivity contribution is -0.133. The van der Waals surface area contributed by atoms with Crippen molar-refractivity contribution >= 4 is 11.6 Å². The van der Waals surface area contributed by atoms with Crippen LogP contribution >= 0.6 is 0 Å². The van der Waals surface area contributed by atoms with Gasteiger partial charge in [0.1, 0.15) is 18.0 Å². The first-order chi connectivity index (χ1) is 11.4. The van der Waals surface area contributed by atoms with E-state index >= 15 is 0 Å². The third-order valence-electron chi connectivity index (χ3n) is 4.72. The molecule has 5 nitrogen and oxygen atoms in total. The molecule has 0 radical (unpaired) electrons. The van der Waals surface area contributed by atoms with Gasteiger partial charge in [-0.1, -0.05) is 6.92 Å². The number of hydrogen-bond donors (Lipinski definition) is 1. The van der Waals surface area contributed by atoms with Gasteiger partial charge in [-0.25, -0.2) is 0 Å². The Kier molecular flexibility index (Phi) is 6.63. The van der Waals surface area contributed by atoms with Crippen molar-refractivity contribution in [1.29, 1.82) is 0 Å². The molecular weight excluding hydrogens is 304 g/mol. The topological polar surface area (TPSA) is 50.8 Å². The Morgan fingerprint density at radius 3 is 2.46 bits per heavy atom. The zero-order chi connectivity index (χ0) is 17.6. The van der Waals surface area contributed by atoms with Crippen LogP contribution in [0.15, 0.2) is 24.3 Å². The predicted molar refractivity (Wildman–Crippen MR) is 96.5 cm³/mol. The molecule has 1 aromatic carbocycles. The van der Waals surface area contributed by atoms with Gasteiger partial charge >= 0.3 is 0 Å². The molecule has 1 aliphatic heterocycles. The third-order valence-corrected chi connectivity index (χ3v) is 4.72. The first-order valence-electron chi connectivity index (χ1n) is 8.72. The van der Waals surface area contributed by atoms with Crippen LogP contribution < -0.4 is 10.1 Å². The standard InChI is InChI=1S/C19H30N2O3/c1-15-9-11-21(12-10-15)13-14-24-17-7-5-16(6-8-17)20-18(22)19(2,3)23-4/h5-8,15H,9-14H2,1-4H3,(H,20,22). The number of piperidine rings is 1. The van der Waals surface area contributed by atoms with Gasteiger partial charge in [0, 0.05) is 19.3 Å². The SMILES string of the molecule is COC(C)(C)C(=O)Nc1ccc(OCCN2CCC(C)CC2)cc1. The fraction of sp³-hybridized carbons (Fsp3) is 0.632. The second-order valence-corrected chi connectivity index (χ2v) is 7.07. The Morgan fingerprint density at radius 2 is 1.88 bits per heavy atom. The number of anilines is 1. The summed E-state index contributed by atoms with van der Waals surface area (Å²) in [5, 5.41) is 2.84. The number of nitrogens with one attached hydrogen (secondary N) is 1. The highest BCUT2D eigenvalue weighted by Gasteiger charge is 2.26. The number of rotatable bonds is 7. The lowest BCUT2D eigenvalue weighted by Gasteiger charge is -2.29. The number of nitrogens with zero attached hydrogens (tertiary/aromatic N) is 1. The van der Waals surface area contributed by atoms with Gasteiger partial charge in [0.2, 0.25) is 0 Å². The molecular formula is C19H30N2O3. The van der Waals surface area contributed by atoms with Gasteiger partial charge in [-0.2, -0.15) is 0 Å². The normalized spacial score (nSPS) is 16.8. The van der Waals surface area contributed by atoms with Gasteiger partial charge in [-0.3, -0.25) is 9.69 Å². The summed E-state index contributed by atoms with van der Waals surface area (Å²) in [6.45, 7) is 9.80. The average molecular weight is 334 g/mol. The second kappa shape index (κ2) is 8.49. The molecule has 0 aliphatic carbocycles. The van der Waals surface area contributed by atoms with Gasteiger partial charge in [0.15, 0.2) is 0 Å². The Bertz CT molecular complexity index is 520. The van der Waals surface area contributed by atoms with Crippen molar-refractivity contribution in [2.24, 2.45) is 5.92 Å². The summed E-state index contributed by atoms with van der Waals surface area (Å²) >= 11 is 0. The summed E-state index contributed by atoms with van der Waals surface area (Å²) < 4.78 is 11.0. The summed E-state index contributed by atoms with van der Waals surface area (Å²) in [7, 11) is 1.53. The third kappa shape index (κ3) is 5.49. The van der Waals surface area contributed by atoms with Crippen LogP contribution in [0.3, 0.4) is 0 Å². The van der Waals surface area contributed by atoms with E-state index in [1.54, 1.807) is 13.8 Å². The second-order valence-electron chi connectivity index (χ2n) is 7.07. The van der Waals surface area contributed by atoms with Crippen LogP contribution in [0.1, 0.15) is 33.6 Å². The highest BCUT2D eigenvalue weighted by Crippen LogP contribution is 2.19. The van der Waals surface area contributed by atoms with E-state index in [2.05, 4.69) is 17.1 Å². The first-order valence-corrected chi connectivity index (χ1v) is 8.72. The molecule has 0 unspecified atom stereocenters. The molecule has 0 atom stereocenters.